The van der Waals surface area contributed by atoms with E-state index in [1.807, 2.05) is 0 Å². The maximum absolute atomic E-state index is 4.98. The van der Waals surface area contributed by atoms with Crippen LogP contribution in [0.25, 0.3) is 5.57 Å². The molecule has 2 bridgehead atoms. The number of aliphatic imine (C=N–C) groups is 1. The summed E-state index contributed by atoms with van der Waals surface area (Å²) in [5.74, 6) is 1.35. The van der Waals surface area contributed by atoms with Crippen molar-refractivity contribution in [3.05, 3.63) is 35.2 Å². The van der Waals surface area contributed by atoms with Crippen LogP contribution < -0.4 is 0 Å². The van der Waals surface area contributed by atoms with Crippen molar-refractivity contribution in [2.75, 3.05) is 6.54 Å². The average molecular weight is 308 g/mol. The molecular formula is C21H28N2. The summed E-state index contributed by atoms with van der Waals surface area (Å²) in [4.78, 5) is 9.78. The fourth-order valence-corrected chi connectivity index (χ4v) is 5.16. The van der Waals surface area contributed by atoms with Crippen molar-refractivity contribution in [1.82, 2.24) is 4.98 Å². The summed E-state index contributed by atoms with van der Waals surface area (Å²) in [6, 6.07) is 4.48. The fraction of sp³-hybridized carbons (Fsp3) is 0.619. The molecule has 122 valence electrons. The van der Waals surface area contributed by atoms with E-state index in [-0.39, 0.29) is 5.41 Å². The summed E-state index contributed by atoms with van der Waals surface area (Å²) < 4.78 is 0. The first kappa shape index (κ1) is 15.1. The van der Waals surface area contributed by atoms with E-state index in [1.165, 1.54) is 29.7 Å². The molecule has 2 nitrogen and oxygen atoms in total. The lowest BCUT2D eigenvalue weighted by Gasteiger charge is -2.33. The summed E-state index contributed by atoms with van der Waals surface area (Å²) in [6.45, 7) is 12.7. The predicted molar refractivity (Wildman–Crippen MR) is 96.6 cm³/mol. The van der Waals surface area contributed by atoms with Crippen molar-refractivity contribution in [2.45, 2.75) is 53.9 Å². The van der Waals surface area contributed by atoms with Gasteiger partial charge in [0.15, 0.2) is 0 Å². The Morgan fingerprint density at radius 2 is 2.00 bits per heavy atom. The van der Waals surface area contributed by atoms with Gasteiger partial charge >= 0.3 is 0 Å². The minimum Gasteiger partial charge on any atom is -0.284 e. The molecule has 2 aliphatic carbocycles. The molecule has 2 atom stereocenters. The lowest BCUT2D eigenvalue weighted by molar-refractivity contribution is 0.202. The zero-order chi connectivity index (χ0) is 16.4. The van der Waals surface area contributed by atoms with Gasteiger partial charge in [0.2, 0.25) is 0 Å². The third-order valence-electron chi connectivity index (χ3n) is 6.85. The Hall–Kier alpha value is -1.44. The van der Waals surface area contributed by atoms with Gasteiger partial charge in [0.05, 0.1) is 12.2 Å². The van der Waals surface area contributed by atoms with Crippen LogP contribution in [0.4, 0.5) is 0 Å². The SMILES string of the molecule is CC(C)Cc1ccc(C2=C3C(=NC2)C2(C)CCC3C2(C)C)nc1. The summed E-state index contributed by atoms with van der Waals surface area (Å²) >= 11 is 0. The van der Waals surface area contributed by atoms with Crippen LogP contribution in [0.5, 0.6) is 0 Å². The third-order valence-corrected chi connectivity index (χ3v) is 6.85. The fourth-order valence-electron chi connectivity index (χ4n) is 5.16. The first-order valence-electron chi connectivity index (χ1n) is 9.08. The van der Waals surface area contributed by atoms with Gasteiger partial charge < -0.3 is 0 Å². The highest BCUT2D eigenvalue weighted by Crippen LogP contribution is 2.68. The number of aromatic nitrogens is 1. The number of rotatable bonds is 3. The molecule has 2 fully saturated rings. The molecule has 2 unspecified atom stereocenters. The van der Waals surface area contributed by atoms with E-state index < -0.39 is 0 Å². The third kappa shape index (κ3) is 1.93. The van der Waals surface area contributed by atoms with Gasteiger partial charge in [-0.25, -0.2) is 0 Å². The van der Waals surface area contributed by atoms with E-state index in [1.54, 1.807) is 5.57 Å². The number of pyridine rings is 1. The molecule has 2 saturated carbocycles. The topological polar surface area (TPSA) is 25.2 Å². The summed E-state index contributed by atoms with van der Waals surface area (Å²) in [5.41, 5.74) is 7.45. The van der Waals surface area contributed by atoms with Gasteiger partial charge in [0.1, 0.15) is 0 Å². The first-order chi connectivity index (χ1) is 10.8. The molecule has 0 saturated heterocycles. The molecule has 2 heteroatoms. The Kier molecular flexibility index (Phi) is 3.14. The van der Waals surface area contributed by atoms with E-state index in [0.29, 0.717) is 17.3 Å². The molecule has 0 radical (unpaired) electrons. The Morgan fingerprint density at radius 3 is 2.65 bits per heavy atom. The van der Waals surface area contributed by atoms with Crippen molar-refractivity contribution < 1.29 is 0 Å². The molecule has 3 aliphatic rings. The smallest absolute Gasteiger partial charge is 0.0684 e. The van der Waals surface area contributed by atoms with E-state index in [9.17, 15) is 0 Å². The molecule has 4 rings (SSSR count). The number of hydrogen-bond acceptors (Lipinski definition) is 2. The van der Waals surface area contributed by atoms with Crippen molar-refractivity contribution in [2.24, 2.45) is 27.7 Å². The van der Waals surface area contributed by atoms with Gasteiger partial charge in [-0.3, -0.25) is 9.98 Å². The lowest BCUT2D eigenvalue weighted by atomic mass is 9.70. The molecule has 23 heavy (non-hydrogen) atoms. The van der Waals surface area contributed by atoms with E-state index in [4.69, 9.17) is 9.98 Å². The molecule has 1 aromatic heterocycles. The van der Waals surface area contributed by atoms with Crippen LogP contribution in [0.1, 0.15) is 58.7 Å². The van der Waals surface area contributed by atoms with Crippen molar-refractivity contribution >= 4 is 11.3 Å². The van der Waals surface area contributed by atoms with E-state index in [0.717, 1.165) is 18.7 Å². The second kappa shape index (κ2) is 4.78. The van der Waals surface area contributed by atoms with Crippen LogP contribution in [-0.2, 0) is 6.42 Å². The highest BCUT2D eigenvalue weighted by molar-refractivity contribution is 6.16. The van der Waals surface area contributed by atoms with Crippen LogP contribution in [0, 0.1) is 22.7 Å². The monoisotopic (exact) mass is 308 g/mol. The molecule has 2 heterocycles. The Labute approximate surface area is 140 Å². The van der Waals surface area contributed by atoms with Gasteiger partial charge in [-0.2, -0.15) is 0 Å². The lowest BCUT2D eigenvalue weighted by Crippen LogP contribution is -2.32. The average Bonchev–Trinajstić information content (AvgIpc) is 3.06. The van der Waals surface area contributed by atoms with Gasteiger partial charge in [-0.1, -0.05) is 40.7 Å². The molecule has 0 aromatic carbocycles. The predicted octanol–water partition coefficient (Wildman–Crippen LogP) is 4.94. The zero-order valence-corrected chi connectivity index (χ0v) is 15.1. The van der Waals surface area contributed by atoms with Gasteiger partial charge in [-0.05, 0) is 53.7 Å². The maximum atomic E-state index is 4.98. The van der Waals surface area contributed by atoms with Crippen molar-refractivity contribution in [1.29, 1.82) is 0 Å². The van der Waals surface area contributed by atoms with Crippen LogP contribution in [0.15, 0.2) is 28.9 Å². The van der Waals surface area contributed by atoms with Crippen molar-refractivity contribution in [3.8, 4) is 0 Å². The highest BCUT2D eigenvalue weighted by Gasteiger charge is 2.63. The standard InChI is InChI=1S/C21H28N2/c1-13(2)10-14-6-7-17(22-11-14)15-12-23-19-18(15)16-8-9-21(19,5)20(16,3)4/h6-7,11,13,16H,8-10,12H2,1-5H3. The second-order valence-electron chi connectivity index (χ2n) is 8.85. The molecular weight excluding hydrogens is 280 g/mol. The highest BCUT2D eigenvalue weighted by atomic mass is 14.9. The van der Waals surface area contributed by atoms with E-state index >= 15 is 0 Å². The quantitative estimate of drug-likeness (QED) is 0.776. The van der Waals surface area contributed by atoms with Crippen molar-refractivity contribution in [3.63, 3.8) is 0 Å². The number of nitrogens with zero attached hydrogens (tertiary/aromatic N) is 2. The van der Waals surface area contributed by atoms with Crippen LogP contribution in [0.3, 0.4) is 0 Å². The first-order valence-corrected chi connectivity index (χ1v) is 9.08. The summed E-state index contributed by atoms with van der Waals surface area (Å²) in [5, 5.41) is 0. The minimum absolute atomic E-state index is 0.270. The normalized spacial score (nSPS) is 31.0. The van der Waals surface area contributed by atoms with Crippen LogP contribution >= 0.6 is 0 Å². The van der Waals surface area contributed by atoms with E-state index in [2.05, 4.69) is 52.9 Å². The van der Waals surface area contributed by atoms with Gasteiger partial charge in [-0.15, -0.1) is 0 Å². The summed E-state index contributed by atoms with van der Waals surface area (Å²) in [6.07, 6.45) is 5.78. The molecule has 1 aliphatic heterocycles. The Morgan fingerprint density at radius 1 is 1.22 bits per heavy atom. The van der Waals surface area contributed by atoms with Gasteiger partial charge in [0, 0.05) is 22.9 Å². The maximum Gasteiger partial charge on any atom is 0.0684 e. The van der Waals surface area contributed by atoms with Crippen LogP contribution in [-0.4, -0.2) is 17.2 Å². The minimum atomic E-state index is 0.270. The Bertz CT molecular complexity index is 706. The summed E-state index contributed by atoms with van der Waals surface area (Å²) in [7, 11) is 0. The largest absolute Gasteiger partial charge is 0.284 e. The van der Waals surface area contributed by atoms with Gasteiger partial charge in [0.25, 0.3) is 0 Å². The zero-order valence-electron chi connectivity index (χ0n) is 15.1. The molecule has 0 N–H and O–H groups in total. The molecule has 1 aromatic rings. The molecule has 0 spiro atoms. The van der Waals surface area contributed by atoms with Crippen LogP contribution in [0.2, 0.25) is 0 Å². The molecule has 0 amide bonds. The Balaban J connectivity index is 1.72. The number of fused-ring (bicyclic) bond motifs is 5. The number of allylic oxidation sites excluding steroid dienone is 1. The second-order valence-corrected chi connectivity index (χ2v) is 8.85. The number of hydrogen-bond donors (Lipinski definition) is 0.